The maximum absolute atomic E-state index is 12.5. The molecule has 1 amide bonds. The minimum Gasteiger partial charge on any atom is -0.322 e. The predicted molar refractivity (Wildman–Crippen MR) is 118 cm³/mol. The van der Waals surface area contributed by atoms with Crippen LogP contribution in [-0.2, 0) is 0 Å². The smallest absolute Gasteiger partial charge is 0.255 e. The van der Waals surface area contributed by atoms with E-state index < -0.39 is 0 Å². The molecule has 0 aliphatic carbocycles. The van der Waals surface area contributed by atoms with E-state index in [1.54, 1.807) is 66.5 Å². The van der Waals surface area contributed by atoms with E-state index in [1.165, 1.54) is 4.80 Å². The van der Waals surface area contributed by atoms with Crippen LogP contribution in [0.4, 0.5) is 5.69 Å². The molecule has 0 saturated heterocycles. The number of thioether (sulfide) groups is 1. The summed E-state index contributed by atoms with van der Waals surface area (Å²) in [5.74, 6) is -0.206. The van der Waals surface area contributed by atoms with Crippen molar-refractivity contribution in [2.75, 3.05) is 11.6 Å². The summed E-state index contributed by atoms with van der Waals surface area (Å²) in [6.07, 6.45) is 5.25. The van der Waals surface area contributed by atoms with Gasteiger partial charge in [0.1, 0.15) is 17.1 Å². The maximum Gasteiger partial charge on any atom is 0.255 e. The summed E-state index contributed by atoms with van der Waals surface area (Å²) in [6, 6.07) is 20.2. The third-order valence-corrected chi connectivity index (χ3v) is 5.04. The summed E-state index contributed by atoms with van der Waals surface area (Å²) in [4.78, 5) is 19.0. The summed E-state index contributed by atoms with van der Waals surface area (Å²) >= 11 is 1.62. The zero-order valence-corrected chi connectivity index (χ0v) is 16.8. The van der Waals surface area contributed by atoms with Crippen molar-refractivity contribution < 1.29 is 4.79 Å². The first kappa shape index (κ1) is 19.4. The number of carbonyl (C=O) groups excluding carboxylic acids is 1. The topological polar surface area (TPSA) is 96.5 Å². The van der Waals surface area contributed by atoms with Gasteiger partial charge < -0.3 is 5.32 Å². The number of fused-ring (bicyclic) bond motifs is 1. The number of benzene rings is 2. The van der Waals surface area contributed by atoms with Crippen LogP contribution in [0.3, 0.4) is 0 Å². The second-order valence-corrected chi connectivity index (χ2v) is 7.15. The Hall–Kier alpha value is -3.96. The second-order valence-electron chi connectivity index (χ2n) is 6.27. The van der Waals surface area contributed by atoms with E-state index in [1.807, 2.05) is 24.5 Å². The molecule has 0 unspecified atom stereocenters. The summed E-state index contributed by atoms with van der Waals surface area (Å²) in [6.45, 7) is 0. The SMILES string of the molecule is CSc1ccc(C(=O)Nc2ccc3nn(/C(C#N)=C/c4ccccn4)nc3c2)cc1. The minimum atomic E-state index is -0.206. The van der Waals surface area contributed by atoms with Gasteiger partial charge in [-0.2, -0.15) is 5.26 Å². The van der Waals surface area contributed by atoms with E-state index in [0.29, 0.717) is 28.0 Å². The van der Waals surface area contributed by atoms with Crippen LogP contribution < -0.4 is 5.32 Å². The normalized spacial score (nSPS) is 11.3. The summed E-state index contributed by atoms with van der Waals surface area (Å²) in [5, 5.41) is 21.1. The van der Waals surface area contributed by atoms with E-state index >= 15 is 0 Å². The van der Waals surface area contributed by atoms with Crippen LogP contribution in [0.1, 0.15) is 16.1 Å². The lowest BCUT2D eigenvalue weighted by atomic mass is 10.2. The molecule has 0 spiro atoms. The molecule has 0 radical (unpaired) electrons. The van der Waals surface area contributed by atoms with Gasteiger partial charge in [0, 0.05) is 28.4 Å². The Morgan fingerprint density at radius 2 is 1.90 bits per heavy atom. The Balaban J connectivity index is 1.58. The molecule has 2 aromatic carbocycles. The van der Waals surface area contributed by atoms with E-state index in [2.05, 4.69) is 26.6 Å². The Bertz CT molecular complexity index is 1270. The van der Waals surface area contributed by atoms with Crippen molar-refractivity contribution in [2.45, 2.75) is 4.90 Å². The van der Waals surface area contributed by atoms with Crippen LogP contribution in [0, 0.1) is 11.3 Å². The second kappa shape index (κ2) is 8.59. The van der Waals surface area contributed by atoms with Crippen molar-refractivity contribution in [3.05, 3.63) is 78.1 Å². The number of nitrogens with zero attached hydrogens (tertiary/aromatic N) is 5. The Morgan fingerprint density at radius 3 is 2.60 bits per heavy atom. The van der Waals surface area contributed by atoms with Gasteiger partial charge in [0.2, 0.25) is 0 Å². The Morgan fingerprint density at radius 1 is 1.10 bits per heavy atom. The molecule has 30 heavy (non-hydrogen) atoms. The maximum atomic E-state index is 12.5. The van der Waals surface area contributed by atoms with Crippen LogP contribution in [0.25, 0.3) is 22.8 Å². The number of pyridine rings is 1. The fourth-order valence-corrected chi connectivity index (χ4v) is 3.19. The third-order valence-electron chi connectivity index (χ3n) is 4.29. The first-order valence-corrected chi connectivity index (χ1v) is 10.2. The van der Waals surface area contributed by atoms with Gasteiger partial charge in [-0.3, -0.25) is 9.78 Å². The van der Waals surface area contributed by atoms with E-state index in [0.717, 1.165) is 4.90 Å². The molecule has 2 aromatic heterocycles. The molecule has 4 aromatic rings. The number of anilines is 1. The molecule has 0 atom stereocenters. The molecule has 0 bridgehead atoms. The molecule has 1 N–H and O–H groups in total. The Kier molecular flexibility index (Phi) is 5.54. The molecule has 0 aliphatic rings. The van der Waals surface area contributed by atoms with Gasteiger partial charge in [0.15, 0.2) is 5.70 Å². The van der Waals surface area contributed by atoms with Gasteiger partial charge in [-0.25, -0.2) is 0 Å². The highest BCUT2D eigenvalue weighted by molar-refractivity contribution is 7.98. The third kappa shape index (κ3) is 4.21. The molecule has 8 heteroatoms. The van der Waals surface area contributed by atoms with Gasteiger partial charge >= 0.3 is 0 Å². The molecule has 0 fully saturated rings. The molecule has 0 aliphatic heterocycles. The first-order valence-electron chi connectivity index (χ1n) is 9.02. The molecule has 2 heterocycles. The molecule has 4 rings (SSSR count). The summed E-state index contributed by atoms with van der Waals surface area (Å²) < 4.78 is 0. The Labute approximate surface area is 177 Å². The van der Waals surface area contributed by atoms with Gasteiger partial charge in [-0.1, -0.05) is 6.07 Å². The fourth-order valence-electron chi connectivity index (χ4n) is 2.78. The van der Waals surface area contributed by atoms with E-state index in [4.69, 9.17) is 0 Å². The number of rotatable bonds is 5. The lowest BCUT2D eigenvalue weighted by Gasteiger charge is -2.05. The number of hydrogen-bond acceptors (Lipinski definition) is 6. The van der Waals surface area contributed by atoms with Crippen molar-refractivity contribution in [3.8, 4) is 6.07 Å². The van der Waals surface area contributed by atoms with Crippen molar-refractivity contribution >= 4 is 46.2 Å². The highest BCUT2D eigenvalue weighted by Crippen LogP contribution is 2.20. The van der Waals surface area contributed by atoms with Crippen molar-refractivity contribution in [3.63, 3.8) is 0 Å². The number of amides is 1. The molecule has 146 valence electrons. The predicted octanol–water partition coefficient (Wildman–Crippen LogP) is 4.32. The number of carbonyl (C=O) groups is 1. The number of allylic oxidation sites excluding steroid dienone is 1. The van der Waals surface area contributed by atoms with Crippen LogP contribution in [0.5, 0.6) is 0 Å². The van der Waals surface area contributed by atoms with Crippen LogP contribution in [0.2, 0.25) is 0 Å². The lowest BCUT2D eigenvalue weighted by Crippen LogP contribution is -2.11. The lowest BCUT2D eigenvalue weighted by molar-refractivity contribution is 0.102. The van der Waals surface area contributed by atoms with Gasteiger partial charge in [-0.05, 0) is 60.9 Å². The number of nitrogens with one attached hydrogen (secondary N) is 1. The van der Waals surface area contributed by atoms with Gasteiger partial charge in [0.25, 0.3) is 5.91 Å². The minimum absolute atomic E-state index is 0.206. The highest BCUT2D eigenvalue weighted by atomic mass is 32.2. The largest absolute Gasteiger partial charge is 0.322 e. The van der Waals surface area contributed by atoms with Crippen molar-refractivity contribution in [1.29, 1.82) is 5.26 Å². The fraction of sp³-hybridized carbons (Fsp3) is 0.0455. The molecular formula is C22H16N6OS. The number of nitriles is 1. The summed E-state index contributed by atoms with van der Waals surface area (Å²) in [5.41, 5.74) is 3.22. The van der Waals surface area contributed by atoms with Crippen molar-refractivity contribution in [1.82, 2.24) is 20.0 Å². The molecule has 7 nitrogen and oxygen atoms in total. The average molecular weight is 412 g/mol. The zero-order chi connectivity index (χ0) is 20.9. The van der Waals surface area contributed by atoms with Crippen molar-refractivity contribution in [2.24, 2.45) is 0 Å². The molecular weight excluding hydrogens is 396 g/mol. The zero-order valence-electron chi connectivity index (χ0n) is 16.0. The van der Waals surface area contributed by atoms with Crippen LogP contribution >= 0.6 is 11.8 Å². The standard InChI is InChI=1S/C22H16N6OS/c1-30-19-8-5-15(6-9-19)22(29)25-17-7-10-20-21(13-17)27-28(26-20)18(14-23)12-16-4-2-3-11-24-16/h2-13H,1H3,(H,25,29)/b18-12+. The highest BCUT2D eigenvalue weighted by Gasteiger charge is 2.10. The van der Waals surface area contributed by atoms with E-state index in [-0.39, 0.29) is 11.6 Å². The monoisotopic (exact) mass is 412 g/mol. The molecule has 0 saturated carbocycles. The first-order chi connectivity index (χ1) is 14.7. The quantitative estimate of drug-likeness (QED) is 0.387. The van der Waals surface area contributed by atoms with Crippen LogP contribution in [-0.4, -0.2) is 32.1 Å². The number of hydrogen-bond donors (Lipinski definition) is 1. The summed E-state index contributed by atoms with van der Waals surface area (Å²) in [7, 11) is 0. The van der Waals surface area contributed by atoms with Crippen LogP contribution in [0.15, 0.2) is 71.8 Å². The number of aromatic nitrogens is 4. The average Bonchev–Trinajstić information content (AvgIpc) is 3.21. The van der Waals surface area contributed by atoms with Gasteiger partial charge in [-0.15, -0.1) is 26.8 Å². The van der Waals surface area contributed by atoms with E-state index in [9.17, 15) is 10.1 Å². The van der Waals surface area contributed by atoms with Gasteiger partial charge in [0.05, 0.1) is 5.69 Å².